The number of rotatable bonds is 19. The minimum Gasteiger partial charge on any atom is -0.447 e. The summed E-state index contributed by atoms with van der Waals surface area (Å²) in [6.07, 6.45) is -1.77. The minimum atomic E-state index is -1.00. The minimum absolute atomic E-state index is 0. The Morgan fingerprint density at radius 3 is 0.750 bits per heavy atom. The van der Waals surface area contributed by atoms with Crippen molar-refractivity contribution in [3.63, 3.8) is 0 Å². The van der Waals surface area contributed by atoms with Gasteiger partial charge in [0, 0.05) is 57.8 Å². The van der Waals surface area contributed by atoms with Gasteiger partial charge < -0.3 is 25.7 Å². The molecule has 23 heteroatoms. The Labute approximate surface area is 734 Å². The predicted molar refractivity (Wildman–Crippen MR) is 493 cm³/mol. The Bertz CT molecular complexity index is 6620. The van der Waals surface area contributed by atoms with Crippen molar-refractivity contribution in [3.8, 4) is 33.8 Å². The van der Waals surface area contributed by atoms with E-state index in [1.807, 2.05) is 251 Å². The zero-order chi connectivity index (χ0) is 87.6. The van der Waals surface area contributed by atoms with Crippen LogP contribution in [0.25, 0.3) is 66.5 Å². The van der Waals surface area contributed by atoms with Crippen molar-refractivity contribution < 1.29 is 48.1 Å². The number of fused-ring (bicyclic) bond motifs is 3. The number of nitrogens with two attached hydrogens (primary N) is 2. The van der Waals surface area contributed by atoms with Gasteiger partial charge in [-0.05, 0) is 147 Å². The van der Waals surface area contributed by atoms with E-state index >= 15 is 13.2 Å². The molecule has 0 spiro atoms. The molecule has 3 aliphatic rings. The molecule has 0 aliphatic carbocycles. The van der Waals surface area contributed by atoms with Crippen LogP contribution in [0, 0.1) is 27.6 Å². The number of nitrogen functional groups attached to an aromatic ring is 2. The average Bonchev–Trinajstić information content (AvgIpc) is 1.55. The molecule has 4 N–H and O–H groups in total. The summed E-state index contributed by atoms with van der Waals surface area (Å²) in [4.78, 5) is 52.4. The molecule has 0 saturated carbocycles. The number of non-ortho nitro benzene ring substituents is 1. The number of amides is 3. The van der Waals surface area contributed by atoms with E-state index in [-0.39, 0.29) is 63.6 Å². The Kier molecular flexibility index (Phi) is 21.6. The molecule has 18 aromatic rings. The topological polar surface area (TPSA) is 237 Å². The van der Waals surface area contributed by atoms with Crippen LogP contribution in [0.3, 0.4) is 0 Å². The third kappa shape index (κ3) is 14.3. The fourth-order valence-corrected chi connectivity index (χ4v) is 18.0. The molecule has 3 amide bonds. The van der Waals surface area contributed by atoms with E-state index in [0.29, 0.717) is 56.0 Å². The van der Waals surface area contributed by atoms with Gasteiger partial charge >= 0.3 is 18.3 Å². The number of carbonyl (C=O) groups is 3. The first-order chi connectivity index (χ1) is 62.6. The van der Waals surface area contributed by atoms with Crippen LogP contribution in [0.4, 0.5) is 61.7 Å². The van der Waals surface area contributed by atoms with Crippen LogP contribution in [-0.2, 0) is 30.8 Å². The van der Waals surface area contributed by atoms with Crippen LogP contribution in [-0.4, -0.2) is 92.0 Å². The van der Waals surface area contributed by atoms with Crippen LogP contribution >= 0.6 is 0 Å². The summed E-state index contributed by atoms with van der Waals surface area (Å²) >= 11 is 0. The maximum Gasteiger partial charge on any atom is 0.414 e. The van der Waals surface area contributed by atoms with Gasteiger partial charge in [-0.1, -0.05) is 273 Å². The summed E-state index contributed by atoms with van der Waals surface area (Å²) in [6, 6.07) is 122. The lowest BCUT2D eigenvalue weighted by Gasteiger charge is -2.37. The highest BCUT2D eigenvalue weighted by atomic mass is 19.1. The first-order valence-electron chi connectivity index (χ1n) is 41.6. The van der Waals surface area contributed by atoms with Gasteiger partial charge in [-0.25, -0.2) is 41.6 Å². The molecule has 15 aromatic carbocycles. The highest BCUT2D eigenvalue weighted by Crippen LogP contribution is 2.50. The maximum absolute atomic E-state index is 15.1. The second kappa shape index (κ2) is 34.2. The molecule has 20 nitrogen and oxygen atoms in total. The molecule has 0 atom stereocenters. The lowest BCUT2D eigenvalue weighted by Crippen LogP contribution is -2.38. The smallest absolute Gasteiger partial charge is 0.414 e. The Morgan fingerprint density at radius 1 is 0.305 bits per heavy atom. The molecule has 0 bridgehead atoms. The van der Waals surface area contributed by atoms with Crippen molar-refractivity contribution >= 4 is 85.1 Å². The van der Waals surface area contributed by atoms with Crippen molar-refractivity contribution in [2.45, 2.75) is 16.6 Å². The Morgan fingerprint density at radius 2 is 0.531 bits per heavy atom. The summed E-state index contributed by atoms with van der Waals surface area (Å²) in [5.41, 5.74) is 26.0. The Hall–Kier alpha value is -16.7. The molecular formula is C105H81F3N12O8. The van der Waals surface area contributed by atoms with E-state index in [9.17, 15) is 24.5 Å². The quantitative estimate of drug-likeness (QED) is 0.0252. The van der Waals surface area contributed by atoms with E-state index in [1.165, 1.54) is 45.0 Å². The number of nitro groups is 1. The summed E-state index contributed by atoms with van der Waals surface area (Å²) in [6.45, 7) is 1.34. The number of anilines is 5. The monoisotopic (exact) mass is 1690 g/mol. The fourth-order valence-electron chi connectivity index (χ4n) is 18.0. The van der Waals surface area contributed by atoms with Gasteiger partial charge in [0.15, 0.2) is 0 Å². The van der Waals surface area contributed by atoms with Gasteiger partial charge in [0.1, 0.15) is 71.0 Å². The zero-order valence-corrected chi connectivity index (χ0v) is 68.6. The molecule has 0 unspecified atom stereocenters. The summed E-state index contributed by atoms with van der Waals surface area (Å²) < 4.78 is 66.4. The molecule has 0 radical (unpaired) electrons. The third-order valence-corrected chi connectivity index (χ3v) is 23.8. The number of nitro benzene ring substituents is 1. The summed E-state index contributed by atoms with van der Waals surface area (Å²) in [5.74, 6) is -1.60. The maximum atomic E-state index is 15.1. The number of cyclic esters (lactones) is 3. The number of halogens is 3. The summed E-state index contributed by atoms with van der Waals surface area (Å²) in [7, 11) is 0. The van der Waals surface area contributed by atoms with Gasteiger partial charge in [-0.15, -0.1) is 0 Å². The standard InChI is InChI=1S/C35H25FN4O4.2C35H27FN4O2.H2/c36-30-18-16-24(22-32(30)38-20-21-44-34(38)41)33-29-23-28(40(42)43)17-19-31(29)39(37-33)35(25-10-4-1-5-11-25,26-12-6-2-7-13-26)27-14-8-3-9-15-27;2*36-30-18-16-24(22-32(30)39-20-21-42-34(39)41)33-29-23-28(37)17-19-31(29)40(38-33)35(25-10-4-1-5-11-25,26-12-6-2-7-13-26)27-14-8-3-9-15-27;/h1-19,22-23H,20-21H2;2*1-19,22-23H,20-21,37H2;1H. The van der Waals surface area contributed by atoms with Gasteiger partial charge in [0.2, 0.25) is 0 Å². The van der Waals surface area contributed by atoms with E-state index in [1.54, 1.807) is 42.5 Å². The first kappa shape index (κ1) is 81.0. The molecule has 3 aromatic heterocycles. The van der Waals surface area contributed by atoms with Crippen molar-refractivity contribution in [2.75, 3.05) is 65.6 Å². The number of ether oxygens (including phenoxy) is 3. The highest BCUT2D eigenvalue weighted by molar-refractivity contribution is 6.01. The van der Waals surface area contributed by atoms with Crippen molar-refractivity contribution in [1.82, 2.24) is 29.3 Å². The van der Waals surface area contributed by atoms with Gasteiger partial charge in [0.05, 0.1) is 58.2 Å². The SMILES string of the molecule is Nc1ccc2c(c1)c(-c1ccc(F)c(N3CCOC3=O)c1)nn2C(c1ccccc1)(c1ccccc1)c1ccccc1.Nc1ccc2c(c1)c(-c1ccc(F)c(N3CCOC3=O)c1)nn2C(c1ccccc1)(c1ccccc1)c1ccccc1.O=C1OCCN1c1cc(-c2nn(C(c3ccccc3)(c3ccccc3)c3ccccc3)c3ccc([N+](=O)[O-])cc23)ccc1F.[HH]. The zero-order valence-electron chi connectivity index (χ0n) is 68.6. The van der Waals surface area contributed by atoms with Gasteiger partial charge in [-0.3, -0.25) is 24.8 Å². The number of hydrogen-bond donors (Lipinski definition) is 2. The highest BCUT2D eigenvalue weighted by Gasteiger charge is 2.46. The Balaban J connectivity index is 0.000000130. The normalized spacial score (nSPS) is 13.4. The van der Waals surface area contributed by atoms with Crippen LogP contribution in [0.15, 0.2) is 382 Å². The predicted octanol–water partition coefficient (Wildman–Crippen LogP) is 22.2. The largest absolute Gasteiger partial charge is 0.447 e. The lowest BCUT2D eigenvalue weighted by molar-refractivity contribution is -0.384. The van der Waals surface area contributed by atoms with Crippen LogP contribution in [0.1, 0.15) is 51.5 Å². The number of nitrogens with zero attached hydrogens (tertiary/aromatic N) is 10. The first-order valence-corrected chi connectivity index (χ1v) is 41.6. The molecule has 128 heavy (non-hydrogen) atoms. The third-order valence-electron chi connectivity index (χ3n) is 23.8. The number of benzene rings is 15. The molecule has 6 heterocycles. The van der Waals surface area contributed by atoms with Crippen molar-refractivity contribution in [1.29, 1.82) is 0 Å². The average molecular weight is 1700 g/mol. The second-order valence-electron chi connectivity index (χ2n) is 31.0. The lowest BCUT2D eigenvalue weighted by atomic mass is 9.77. The molecule has 21 rings (SSSR count). The second-order valence-corrected chi connectivity index (χ2v) is 31.0. The molecule has 630 valence electrons. The molecule has 3 fully saturated rings. The van der Waals surface area contributed by atoms with E-state index in [0.717, 1.165) is 71.9 Å². The molecule has 3 aliphatic heterocycles. The van der Waals surface area contributed by atoms with E-state index in [2.05, 4.69) is 72.8 Å². The number of carbonyl (C=O) groups excluding carboxylic acids is 3. The van der Waals surface area contributed by atoms with Gasteiger partial charge in [-0.2, -0.15) is 15.3 Å². The number of aromatic nitrogens is 6. The number of hydrogen-bond acceptors (Lipinski definition) is 13. The van der Waals surface area contributed by atoms with Gasteiger partial charge in [0.25, 0.3) is 5.69 Å². The fraction of sp³-hybridized carbons (Fsp3) is 0.0857. The summed E-state index contributed by atoms with van der Waals surface area (Å²) in [5, 5.41) is 29.9. The molecular weight excluding hydrogens is 1610 g/mol. The van der Waals surface area contributed by atoms with Crippen LogP contribution in [0.2, 0.25) is 0 Å². The van der Waals surface area contributed by atoms with Crippen molar-refractivity contribution in [3.05, 3.63) is 460 Å². The van der Waals surface area contributed by atoms with E-state index < -0.39 is 57.3 Å². The van der Waals surface area contributed by atoms with Crippen LogP contribution < -0.4 is 26.2 Å². The van der Waals surface area contributed by atoms with Crippen LogP contribution in [0.5, 0.6) is 0 Å². The van der Waals surface area contributed by atoms with E-state index in [4.69, 9.17) is 41.0 Å². The molecule has 3 saturated heterocycles. The van der Waals surface area contributed by atoms with Crippen molar-refractivity contribution in [2.24, 2.45) is 0 Å².